The predicted octanol–water partition coefficient (Wildman–Crippen LogP) is 3.22. The summed E-state index contributed by atoms with van der Waals surface area (Å²) in [6.45, 7) is 10.5. The van der Waals surface area contributed by atoms with Gasteiger partial charge in [-0.05, 0) is 34.0 Å². The fourth-order valence-electron chi connectivity index (χ4n) is 1.75. The molecule has 114 valence electrons. The summed E-state index contributed by atoms with van der Waals surface area (Å²) in [6, 6.07) is -0.138. The summed E-state index contributed by atoms with van der Waals surface area (Å²) in [7, 11) is 0. The minimum atomic E-state index is -0.489. The van der Waals surface area contributed by atoms with E-state index in [2.05, 4.69) is 28.0 Å². The number of alkyl carbamates (subject to hydrolysis) is 1. The summed E-state index contributed by atoms with van der Waals surface area (Å²) >= 11 is 1.80. The van der Waals surface area contributed by atoms with Crippen LogP contribution >= 0.6 is 11.8 Å². The van der Waals surface area contributed by atoms with Crippen LogP contribution < -0.4 is 5.32 Å². The Hall–Kier alpha value is -1.17. The number of ether oxygens (including phenoxy) is 1. The largest absolute Gasteiger partial charge is 0.444 e. The smallest absolute Gasteiger partial charge is 0.408 e. The molecule has 0 spiro atoms. The van der Waals surface area contributed by atoms with E-state index in [-0.39, 0.29) is 6.04 Å². The molecule has 1 unspecified atom stereocenters. The molecular formula is C14H25N3O2S. The molecule has 1 aromatic rings. The minimum absolute atomic E-state index is 0.138. The molecule has 0 aliphatic carbocycles. The number of amides is 1. The Balaban J connectivity index is 2.66. The second-order valence-electron chi connectivity index (χ2n) is 5.89. The Kier molecular flexibility index (Phi) is 5.92. The van der Waals surface area contributed by atoms with E-state index < -0.39 is 11.7 Å². The van der Waals surface area contributed by atoms with Gasteiger partial charge in [0.15, 0.2) is 0 Å². The number of carbonyl (C=O) groups is 1. The number of carbonyl (C=O) groups excluding carboxylic acids is 1. The summed E-state index contributed by atoms with van der Waals surface area (Å²) in [6.07, 6.45) is 5.27. The Labute approximate surface area is 125 Å². The van der Waals surface area contributed by atoms with Crippen LogP contribution in [-0.2, 0) is 11.3 Å². The lowest BCUT2D eigenvalue weighted by atomic mass is 10.2. The molecule has 1 heterocycles. The lowest BCUT2D eigenvalue weighted by Gasteiger charge is -2.22. The van der Waals surface area contributed by atoms with E-state index in [1.165, 1.54) is 0 Å². The molecule has 1 N–H and O–H groups in total. The van der Waals surface area contributed by atoms with Crippen LogP contribution in [0.2, 0.25) is 0 Å². The Bertz CT molecular complexity index is 440. The lowest BCUT2D eigenvalue weighted by Crippen LogP contribution is -2.34. The van der Waals surface area contributed by atoms with Gasteiger partial charge in [-0.3, -0.25) is 0 Å². The van der Waals surface area contributed by atoms with E-state index in [4.69, 9.17) is 4.74 Å². The fourth-order valence-corrected chi connectivity index (χ4v) is 2.06. The zero-order valence-corrected chi connectivity index (χ0v) is 14.0. The number of nitrogens with zero attached hydrogens (tertiary/aromatic N) is 2. The molecule has 1 rings (SSSR count). The van der Waals surface area contributed by atoms with Crippen LogP contribution in [0.3, 0.4) is 0 Å². The van der Waals surface area contributed by atoms with Crippen molar-refractivity contribution in [2.24, 2.45) is 0 Å². The molecule has 0 aliphatic rings. The van der Waals surface area contributed by atoms with Gasteiger partial charge in [0, 0.05) is 11.8 Å². The van der Waals surface area contributed by atoms with Crippen molar-refractivity contribution in [2.45, 2.75) is 58.1 Å². The number of hydrogen-bond acceptors (Lipinski definition) is 4. The van der Waals surface area contributed by atoms with Gasteiger partial charge in [0.25, 0.3) is 0 Å². The number of imidazole rings is 1. The summed E-state index contributed by atoms with van der Waals surface area (Å²) in [4.78, 5) is 16.0. The maximum atomic E-state index is 11.8. The van der Waals surface area contributed by atoms with Gasteiger partial charge in [-0.15, -0.1) is 0 Å². The Morgan fingerprint density at radius 2 is 2.15 bits per heavy atom. The quantitative estimate of drug-likeness (QED) is 0.907. The van der Waals surface area contributed by atoms with Crippen molar-refractivity contribution >= 4 is 17.9 Å². The molecule has 0 saturated carbocycles. The van der Waals surface area contributed by atoms with Crippen LogP contribution in [0.4, 0.5) is 4.79 Å². The zero-order chi connectivity index (χ0) is 15.3. The van der Waals surface area contributed by atoms with Crippen molar-refractivity contribution in [2.75, 3.05) is 6.26 Å². The van der Waals surface area contributed by atoms with E-state index in [0.29, 0.717) is 5.25 Å². The van der Waals surface area contributed by atoms with E-state index in [1.807, 2.05) is 27.7 Å². The van der Waals surface area contributed by atoms with Gasteiger partial charge in [-0.1, -0.05) is 6.92 Å². The van der Waals surface area contributed by atoms with Crippen LogP contribution in [0.25, 0.3) is 0 Å². The lowest BCUT2D eigenvalue weighted by molar-refractivity contribution is 0.0506. The number of aromatic nitrogens is 2. The van der Waals surface area contributed by atoms with Gasteiger partial charge in [-0.25, -0.2) is 9.78 Å². The van der Waals surface area contributed by atoms with Gasteiger partial charge < -0.3 is 14.6 Å². The predicted molar refractivity (Wildman–Crippen MR) is 83.0 cm³/mol. The van der Waals surface area contributed by atoms with Crippen LogP contribution in [0, 0.1) is 0 Å². The highest BCUT2D eigenvalue weighted by Crippen LogP contribution is 2.16. The molecule has 0 bridgehead atoms. The highest BCUT2D eigenvalue weighted by molar-refractivity contribution is 7.99. The Morgan fingerprint density at radius 1 is 1.50 bits per heavy atom. The van der Waals surface area contributed by atoms with Crippen molar-refractivity contribution in [3.05, 3.63) is 18.2 Å². The summed E-state index contributed by atoms with van der Waals surface area (Å²) in [5.41, 5.74) is 0.494. The summed E-state index contributed by atoms with van der Waals surface area (Å²) in [5.74, 6) is 0. The number of hydrogen-bond donors (Lipinski definition) is 1. The molecular weight excluding hydrogens is 274 g/mol. The van der Waals surface area contributed by atoms with E-state index >= 15 is 0 Å². The standard InChI is InChI=1S/C14H25N3O2S/c1-10(20-6)8-17-9-15-7-12(17)11(2)16-13(18)19-14(3,4)5/h7,9-11H,8H2,1-6H3,(H,16,18)/t10?,11-/m1/s1. The van der Waals surface area contributed by atoms with Crippen LogP contribution in [-0.4, -0.2) is 32.8 Å². The molecule has 2 atom stereocenters. The molecule has 1 aromatic heterocycles. The minimum Gasteiger partial charge on any atom is -0.444 e. The van der Waals surface area contributed by atoms with E-state index in [9.17, 15) is 4.79 Å². The van der Waals surface area contributed by atoms with E-state index in [1.54, 1.807) is 24.3 Å². The number of nitrogens with one attached hydrogen (secondary N) is 1. The number of thioether (sulfide) groups is 1. The molecule has 0 aromatic carbocycles. The monoisotopic (exact) mass is 299 g/mol. The second-order valence-corrected chi connectivity index (χ2v) is 7.16. The zero-order valence-electron chi connectivity index (χ0n) is 13.1. The maximum absolute atomic E-state index is 11.8. The van der Waals surface area contributed by atoms with E-state index in [0.717, 1.165) is 12.2 Å². The van der Waals surface area contributed by atoms with Gasteiger partial charge >= 0.3 is 6.09 Å². The third-order valence-corrected chi connectivity index (χ3v) is 3.73. The van der Waals surface area contributed by atoms with Crippen molar-refractivity contribution in [1.29, 1.82) is 0 Å². The average molecular weight is 299 g/mol. The maximum Gasteiger partial charge on any atom is 0.408 e. The normalized spacial score (nSPS) is 14.7. The molecule has 0 aliphatic heterocycles. The van der Waals surface area contributed by atoms with Gasteiger partial charge in [0.2, 0.25) is 0 Å². The topological polar surface area (TPSA) is 56.2 Å². The van der Waals surface area contributed by atoms with Crippen molar-refractivity contribution < 1.29 is 9.53 Å². The van der Waals surface area contributed by atoms with Gasteiger partial charge in [0.1, 0.15) is 5.60 Å². The van der Waals surface area contributed by atoms with Gasteiger partial charge in [0.05, 0.1) is 24.3 Å². The third kappa shape index (κ3) is 5.45. The molecule has 1 amide bonds. The van der Waals surface area contributed by atoms with Crippen molar-refractivity contribution in [3.8, 4) is 0 Å². The fraction of sp³-hybridized carbons (Fsp3) is 0.714. The highest BCUT2D eigenvalue weighted by atomic mass is 32.2. The SMILES string of the molecule is CSC(C)Cn1cncc1[C@@H](C)NC(=O)OC(C)(C)C. The molecule has 0 saturated heterocycles. The first-order chi connectivity index (χ1) is 9.23. The Morgan fingerprint density at radius 3 is 2.70 bits per heavy atom. The second kappa shape index (κ2) is 7.02. The number of rotatable bonds is 5. The summed E-state index contributed by atoms with van der Waals surface area (Å²) in [5, 5.41) is 3.34. The van der Waals surface area contributed by atoms with Crippen molar-refractivity contribution in [1.82, 2.24) is 14.9 Å². The average Bonchev–Trinajstić information content (AvgIpc) is 2.74. The first kappa shape index (κ1) is 16.9. The molecule has 6 heteroatoms. The molecule has 0 fully saturated rings. The molecule has 20 heavy (non-hydrogen) atoms. The van der Waals surface area contributed by atoms with Crippen LogP contribution in [0.5, 0.6) is 0 Å². The first-order valence-electron chi connectivity index (χ1n) is 6.75. The molecule has 5 nitrogen and oxygen atoms in total. The highest BCUT2D eigenvalue weighted by Gasteiger charge is 2.20. The summed E-state index contributed by atoms with van der Waals surface area (Å²) < 4.78 is 7.34. The van der Waals surface area contributed by atoms with Crippen LogP contribution in [0.15, 0.2) is 12.5 Å². The third-order valence-electron chi connectivity index (χ3n) is 2.78. The molecule has 0 radical (unpaired) electrons. The van der Waals surface area contributed by atoms with Crippen LogP contribution in [0.1, 0.15) is 46.4 Å². The van der Waals surface area contributed by atoms with Crippen molar-refractivity contribution in [3.63, 3.8) is 0 Å². The first-order valence-corrected chi connectivity index (χ1v) is 8.04. The van der Waals surface area contributed by atoms with Gasteiger partial charge in [-0.2, -0.15) is 11.8 Å².